The zero-order valence-corrected chi connectivity index (χ0v) is 10.9. The van der Waals surface area contributed by atoms with Gasteiger partial charge in [-0.2, -0.15) is 0 Å². The molecule has 0 spiro atoms. The molecule has 0 radical (unpaired) electrons. The Balaban J connectivity index is 2.25. The van der Waals surface area contributed by atoms with Gasteiger partial charge in [-0.25, -0.2) is 4.98 Å². The van der Waals surface area contributed by atoms with Gasteiger partial charge in [0, 0.05) is 12.3 Å². The van der Waals surface area contributed by atoms with Gasteiger partial charge in [-0.15, -0.1) is 11.3 Å². The molecule has 5 nitrogen and oxygen atoms in total. The predicted molar refractivity (Wildman–Crippen MR) is 76.8 cm³/mol. The molecule has 0 aliphatic carbocycles. The molecular weight excluding hydrogens is 270 g/mol. The highest BCUT2D eigenvalue weighted by Gasteiger charge is 2.00. The Hall–Kier alpha value is -1.73. The number of fused-ring (bicyclic) bond motifs is 1. The van der Waals surface area contributed by atoms with E-state index in [1.54, 1.807) is 18.4 Å². The minimum Gasteiger partial charge on any atom is -0.289 e. The number of hydrogen-bond acceptors (Lipinski definition) is 6. The van der Waals surface area contributed by atoms with E-state index in [1.807, 2.05) is 12.2 Å². The van der Waals surface area contributed by atoms with Crippen molar-refractivity contribution in [2.45, 2.75) is 0 Å². The molecule has 0 aromatic carbocycles. The van der Waals surface area contributed by atoms with Crippen LogP contribution < -0.4 is 9.88 Å². The lowest BCUT2D eigenvalue weighted by atomic mass is 10.4. The van der Waals surface area contributed by atoms with Crippen LogP contribution in [0.25, 0.3) is 18.2 Å². The SMILES string of the molecule is O=[N+]([O-])/C(S)=C/C=C/c1nc2c(s1)=CC=NCC=2. The Morgan fingerprint density at radius 3 is 3.22 bits per heavy atom. The third kappa shape index (κ3) is 3.14. The summed E-state index contributed by atoms with van der Waals surface area (Å²) in [5, 5.41) is 11.8. The third-order valence-electron chi connectivity index (χ3n) is 2.09. The van der Waals surface area contributed by atoms with Crippen LogP contribution in [0.15, 0.2) is 22.2 Å². The molecule has 0 atom stereocenters. The molecule has 18 heavy (non-hydrogen) atoms. The van der Waals surface area contributed by atoms with Crippen molar-refractivity contribution in [2.75, 3.05) is 6.54 Å². The molecule has 1 aliphatic rings. The summed E-state index contributed by atoms with van der Waals surface area (Å²) in [6.07, 6.45) is 10.2. The fourth-order valence-corrected chi connectivity index (χ4v) is 2.26. The minimum atomic E-state index is -0.553. The van der Waals surface area contributed by atoms with Crippen LogP contribution in [0.3, 0.4) is 0 Å². The molecule has 1 aliphatic heterocycles. The topological polar surface area (TPSA) is 68.4 Å². The number of hydrogen-bond donors (Lipinski definition) is 1. The summed E-state index contributed by atoms with van der Waals surface area (Å²) in [5.41, 5.74) is 0. The maximum Gasteiger partial charge on any atom is 0.300 e. The van der Waals surface area contributed by atoms with Gasteiger partial charge in [-0.1, -0.05) is 18.7 Å². The molecule has 2 rings (SSSR count). The fraction of sp³-hybridized carbons (Fsp3) is 0.0909. The minimum absolute atomic E-state index is 0.199. The standard InChI is InChI=1S/C11H9N3O2S2/c15-14(16)11(17)3-1-2-10-13-8-4-6-12-7-5-9(8)18-10/h1-5,7,17H,6H2/b2-1+,11-3-. The second kappa shape index (κ2) is 5.74. The van der Waals surface area contributed by atoms with Gasteiger partial charge in [0.25, 0.3) is 5.03 Å². The number of thiol groups is 1. The first-order valence-corrected chi connectivity index (χ1v) is 6.32. The summed E-state index contributed by atoms with van der Waals surface area (Å²) in [4.78, 5) is 18.3. The van der Waals surface area contributed by atoms with Crippen LogP contribution in [0.1, 0.15) is 5.01 Å². The average molecular weight is 279 g/mol. The monoisotopic (exact) mass is 279 g/mol. The lowest BCUT2D eigenvalue weighted by Crippen LogP contribution is -2.20. The first kappa shape index (κ1) is 12.7. The Morgan fingerprint density at radius 2 is 2.44 bits per heavy atom. The number of thiazole rings is 1. The van der Waals surface area contributed by atoms with Gasteiger partial charge in [-0.3, -0.25) is 15.1 Å². The van der Waals surface area contributed by atoms with Gasteiger partial charge in [0.05, 0.1) is 21.3 Å². The van der Waals surface area contributed by atoms with Crippen molar-refractivity contribution in [1.82, 2.24) is 4.98 Å². The van der Waals surface area contributed by atoms with Gasteiger partial charge in [-0.05, 0) is 18.2 Å². The molecule has 1 aromatic heterocycles. The summed E-state index contributed by atoms with van der Waals surface area (Å²) in [6, 6.07) is 0. The second-order valence-electron chi connectivity index (χ2n) is 3.33. The van der Waals surface area contributed by atoms with E-state index >= 15 is 0 Å². The number of aliphatic imine (C=N–C) groups is 1. The molecule has 92 valence electrons. The number of nitro groups is 1. The normalized spacial score (nSPS) is 14.8. The highest BCUT2D eigenvalue weighted by molar-refractivity contribution is 7.84. The van der Waals surface area contributed by atoms with Gasteiger partial charge >= 0.3 is 0 Å². The van der Waals surface area contributed by atoms with Gasteiger partial charge in [0.1, 0.15) is 5.01 Å². The molecule has 0 fully saturated rings. The van der Waals surface area contributed by atoms with Crippen molar-refractivity contribution in [3.8, 4) is 0 Å². The molecule has 2 heterocycles. The van der Waals surface area contributed by atoms with Crippen LogP contribution in [0.4, 0.5) is 0 Å². The smallest absolute Gasteiger partial charge is 0.289 e. The van der Waals surface area contributed by atoms with Crippen molar-refractivity contribution < 1.29 is 4.92 Å². The molecule has 7 heteroatoms. The van der Waals surface area contributed by atoms with E-state index in [1.165, 1.54) is 17.4 Å². The number of nitrogens with zero attached hydrogens (tertiary/aromatic N) is 3. The molecular formula is C11H9N3O2S2. The lowest BCUT2D eigenvalue weighted by molar-refractivity contribution is -0.410. The van der Waals surface area contributed by atoms with Crippen molar-refractivity contribution in [1.29, 1.82) is 0 Å². The lowest BCUT2D eigenvalue weighted by Gasteiger charge is -1.83. The fourth-order valence-electron chi connectivity index (χ4n) is 1.30. The summed E-state index contributed by atoms with van der Waals surface area (Å²) in [5.74, 6) is 0. The van der Waals surface area contributed by atoms with Crippen LogP contribution in [-0.2, 0) is 0 Å². The summed E-state index contributed by atoms with van der Waals surface area (Å²) in [6.45, 7) is 0.623. The Bertz CT molecular complexity index is 671. The quantitative estimate of drug-likeness (QED) is 0.386. The zero-order chi connectivity index (χ0) is 13.0. The van der Waals surface area contributed by atoms with E-state index in [2.05, 4.69) is 22.6 Å². The second-order valence-corrected chi connectivity index (χ2v) is 4.85. The van der Waals surface area contributed by atoms with Gasteiger partial charge in [0.2, 0.25) is 0 Å². The van der Waals surface area contributed by atoms with Crippen LogP contribution in [0, 0.1) is 10.1 Å². The molecule has 0 unspecified atom stereocenters. The maximum atomic E-state index is 10.3. The molecule has 1 aromatic rings. The Kier molecular flexibility index (Phi) is 4.06. The summed E-state index contributed by atoms with van der Waals surface area (Å²) in [7, 11) is 0. The number of rotatable bonds is 3. The molecule has 0 saturated heterocycles. The van der Waals surface area contributed by atoms with Crippen molar-refractivity contribution in [2.24, 2.45) is 4.99 Å². The average Bonchev–Trinajstić information content (AvgIpc) is 2.59. The van der Waals surface area contributed by atoms with E-state index < -0.39 is 4.92 Å². The van der Waals surface area contributed by atoms with Crippen molar-refractivity contribution in [3.63, 3.8) is 0 Å². The Morgan fingerprint density at radius 1 is 1.61 bits per heavy atom. The predicted octanol–water partition coefficient (Wildman–Crippen LogP) is 0.850. The highest BCUT2D eigenvalue weighted by atomic mass is 32.1. The van der Waals surface area contributed by atoms with Gasteiger partial charge in [0.15, 0.2) is 0 Å². The first-order chi connectivity index (χ1) is 8.66. The van der Waals surface area contributed by atoms with E-state index in [0.29, 0.717) is 6.54 Å². The summed E-state index contributed by atoms with van der Waals surface area (Å²) < 4.78 is 1.04. The Labute approximate surface area is 112 Å². The third-order valence-corrected chi connectivity index (χ3v) is 3.40. The largest absolute Gasteiger partial charge is 0.300 e. The number of allylic oxidation sites excluding steroid dienone is 2. The van der Waals surface area contributed by atoms with Crippen LogP contribution >= 0.6 is 24.0 Å². The van der Waals surface area contributed by atoms with E-state index in [9.17, 15) is 10.1 Å². The molecule has 0 saturated carbocycles. The zero-order valence-electron chi connectivity index (χ0n) is 9.18. The molecule has 0 bridgehead atoms. The molecule has 0 N–H and O–H groups in total. The molecule has 0 amide bonds. The van der Waals surface area contributed by atoms with Crippen molar-refractivity contribution in [3.05, 3.63) is 42.2 Å². The highest BCUT2D eigenvalue weighted by Crippen LogP contribution is 2.04. The van der Waals surface area contributed by atoms with E-state index in [4.69, 9.17) is 0 Å². The van der Waals surface area contributed by atoms with E-state index in [0.717, 1.165) is 14.9 Å². The van der Waals surface area contributed by atoms with Crippen LogP contribution in [-0.4, -0.2) is 22.7 Å². The maximum absolute atomic E-state index is 10.3. The van der Waals surface area contributed by atoms with Crippen LogP contribution in [0.5, 0.6) is 0 Å². The first-order valence-electron chi connectivity index (χ1n) is 5.06. The van der Waals surface area contributed by atoms with Gasteiger partial charge < -0.3 is 0 Å². The summed E-state index contributed by atoms with van der Waals surface area (Å²) >= 11 is 5.23. The van der Waals surface area contributed by atoms with E-state index in [-0.39, 0.29) is 5.03 Å². The van der Waals surface area contributed by atoms with Crippen molar-refractivity contribution >= 4 is 48.4 Å². The number of aromatic nitrogens is 1. The van der Waals surface area contributed by atoms with Crippen LogP contribution in [0.2, 0.25) is 0 Å².